The van der Waals surface area contributed by atoms with Crippen molar-refractivity contribution < 1.29 is 9.84 Å². The van der Waals surface area contributed by atoms with Crippen LogP contribution in [0.2, 0.25) is 0 Å². The van der Waals surface area contributed by atoms with Crippen molar-refractivity contribution in [2.24, 2.45) is 52.3 Å². The van der Waals surface area contributed by atoms with Crippen LogP contribution in [0.3, 0.4) is 0 Å². The molecule has 3 heteroatoms. The van der Waals surface area contributed by atoms with Crippen LogP contribution in [0.15, 0.2) is 0 Å². The number of nitrogens with one attached hydrogen (secondary N) is 1. The summed E-state index contributed by atoms with van der Waals surface area (Å²) in [5.41, 5.74) is 0.919. The molecule has 0 aromatic carbocycles. The Labute approximate surface area is 184 Å². The highest BCUT2D eigenvalue weighted by atomic mass is 16.5. The number of aliphatic hydroxyl groups excluding tert-OH is 1. The quantitative estimate of drug-likeness (QED) is 0.559. The first-order valence-electron chi connectivity index (χ1n) is 13.4. The third kappa shape index (κ3) is 2.61. The van der Waals surface area contributed by atoms with E-state index in [0.717, 1.165) is 54.9 Å². The van der Waals surface area contributed by atoms with E-state index in [-0.39, 0.29) is 11.8 Å². The Balaban J connectivity index is 1.26. The van der Waals surface area contributed by atoms with Crippen LogP contribution in [-0.2, 0) is 4.74 Å². The lowest BCUT2D eigenvalue weighted by atomic mass is 9.44. The summed E-state index contributed by atoms with van der Waals surface area (Å²) in [5.74, 6) is 5.57. The number of rotatable bonds is 0. The molecule has 2 heterocycles. The molecular formula is C27H45NO2. The van der Waals surface area contributed by atoms with Crippen molar-refractivity contribution >= 4 is 0 Å². The first-order valence-corrected chi connectivity index (χ1v) is 13.4. The van der Waals surface area contributed by atoms with Crippen LogP contribution in [0.5, 0.6) is 0 Å². The second-order valence-corrected chi connectivity index (χ2v) is 13.3. The molecule has 30 heavy (non-hydrogen) atoms. The molecule has 2 saturated heterocycles. The highest BCUT2D eigenvalue weighted by molar-refractivity contribution is 5.16. The van der Waals surface area contributed by atoms with E-state index < -0.39 is 0 Å². The van der Waals surface area contributed by atoms with Gasteiger partial charge in [0.2, 0.25) is 0 Å². The summed E-state index contributed by atoms with van der Waals surface area (Å²) in [6.07, 6.45) is 13.2. The van der Waals surface area contributed by atoms with Crippen LogP contribution in [0.1, 0.15) is 91.9 Å². The standard InChI is InChI=1S/C27H45NO2/c1-16-7-12-27(28-15-16)17(2)24-23(30-27)14-22-20-6-5-18-13-19(29)8-10-25(18,3)21(20)9-11-26(22,24)4/h16-24,28-29H,5-15H2,1-4H3/t16-,17+,18+,19+,20-,21+,22?,23+,24?,25+,26+,27-/m1/s1. The Kier molecular flexibility index (Phi) is 4.58. The summed E-state index contributed by atoms with van der Waals surface area (Å²) in [6.45, 7) is 11.3. The molecule has 0 amide bonds. The average molecular weight is 416 g/mol. The highest BCUT2D eigenvalue weighted by Crippen LogP contribution is 2.71. The molecule has 6 fully saturated rings. The van der Waals surface area contributed by atoms with Crippen molar-refractivity contribution in [3.63, 3.8) is 0 Å². The molecule has 0 bridgehead atoms. The minimum atomic E-state index is -0.0320. The second kappa shape index (κ2) is 6.70. The van der Waals surface area contributed by atoms with Crippen molar-refractivity contribution in [2.45, 2.75) is 110 Å². The molecule has 3 nitrogen and oxygen atoms in total. The maximum Gasteiger partial charge on any atom is 0.122 e. The van der Waals surface area contributed by atoms with Gasteiger partial charge in [-0.05, 0) is 111 Å². The van der Waals surface area contributed by atoms with Gasteiger partial charge in [-0.1, -0.05) is 27.7 Å². The van der Waals surface area contributed by atoms with Crippen LogP contribution in [-0.4, -0.2) is 29.6 Å². The van der Waals surface area contributed by atoms with E-state index in [1.54, 1.807) is 0 Å². The Morgan fingerprint density at radius 1 is 0.867 bits per heavy atom. The summed E-state index contributed by atoms with van der Waals surface area (Å²) in [5, 5.41) is 14.2. The van der Waals surface area contributed by atoms with E-state index in [4.69, 9.17) is 4.74 Å². The van der Waals surface area contributed by atoms with E-state index in [2.05, 4.69) is 33.0 Å². The van der Waals surface area contributed by atoms with Gasteiger partial charge in [0.25, 0.3) is 0 Å². The van der Waals surface area contributed by atoms with Crippen LogP contribution < -0.4 is 5.32 Å². The zero-order chi connectivity index (χ0) is 20.9. The van der Waals surface area contributed by atoms with Gasteiger partial charge in [0.15, 0.2) is 0 Å². The van der Waals surface area contributed by atoms with E-state index in [0.29, 0.717) is 22.9 Å². The summed E-state index contributed by atoms with van der Waals surface area (Å²) < 4.78 is 7.01. The molecule has 4 saturated carbocycles. The number of hydrogen-bond donors (Lipinski definition) is 2. The van der Waals surface area contributed by atoms with E-state index in [9.17, 15) is 5.11 Å². The third-order valence-electron chi connectivity index (χ3n) is 12.1. The van der Waals surface area contributed by atoms with Gasteiger partial charge in [0.1, 0.15) is 5.72 Å². The number of piperidine rings is 1. The molecule has 12 atom stereocenters. The molecule has 0 aromatic heterocycles. The lowest BCUT2D eigenvalue weighted by Crippen LogP contribution is -2.57. The molecule has 0 aromatic rings. The van der Waals surface area contributed by atoms with Crippen molar-refractivity contribution in [3.8, 4) is 0 Å². The Hall–Kier alpha value is -0.120. The van der Waals surface area contributed by atoms with Gasteiger partial charge >= 0.3 is 0 Å². The van der Waals surface area contributed by atoms with Gasteiger partial charge in [-0.25, -0.2) is 0 Å². The predicted molar refractivity (Wildman–Crippen MR) is 120 cm³/mol. The lowest BCUT2D eigenvalue weighted by Gasteiger charge is -2.61. The van der Waals surface area contributed by atoms with Gasteiger partial charge in [-0.15, -0.1) is 0 Å². The summed E-state index contributed by atoms with van der Waals surface area (Å²) in [4.78, 5) is 0. The minimum Gasteiger partial charge on any atom is -0.393 e. The fraction of sp³-hybridized carbons (Fsp3) is 1.00. The van der Waals surface area contributed by atoms with Crippen molar-refractivity contribution in [1.29, 1.82) is 0 Å². The van der Waals surface area contributed by atoms with Gasteiger partial charge in [0, 0.05) is 12.5 Å². The van der Waals surface area contributed by atoms with Crippen LogP contribution in [0, 0.1) is 52.3 Å². The van der Waals surface area contributed by atoms with Gasteiger partial charge in [0.05, 0.1) is 12.2 Å². The zero-order valence-corrected chi connectivity index (χ0v) is 19.8. The SMILES string of the molecule is C[C@@H]1CC[C@@]2(NC1)O[C@H]1CC3[C@@H]4CC[C@H]5C[C@@H](O)CC[C@]5(C)[C@H]4CC[C@]3(C)C1[C@@H]2C. The highest BCUT2D eigenvalue weighted by Gasteiger charge is 2.68. The van der Waals surface area contributed by atoms with E-state index in [1.807, 2.05) is 0 Å². The van der Waals surface area contributed by atoms with E-state index in [1.165, 1.54) is 51.4 Å². The first kappa shape index (κ1) is 20.5. The summed E-state index contributed by atoms with van der Waals surface area (Å²) >= 11 is 0. The fourth-order valence-corrected chi connectivity index (χ4v) is 10.4. The fourth-order valence-electron chi connectivity index (χ4n) is 10.4. The van der Waals surface area contributed by atoms with Gasteiger partial charge in [-0.3, -0.25) is 5.32 Å². The third-order valence-corrected chi connectivity index (χ3v) is 12.1. The van der Waals surface area contributed by atoms with Crippen LogP contribution >= 0.6 is 0 Å². The normalized spacial score (nSPS) is 62.5. The molecule has 1 spiro atoms. The maximum absolute atomic E-state index is 10.3. The summed E-state index contributed by atoms with van der Waals surface area (Å²) in [6, 6.07) is 0. The Morgan fingerprint density at radius 2 is 1.67 bits per heavy atom. The average Bonchev–Trinajstić information content (AvgIpc) is 3.16. The molecule has 6 aliphatic rings. The number of hydrogen-bond acceptors (Lipinski definition) is 3. The van der Waals surface area contributed by atoms with Crippen LogP contribution in [0.4, 0.5) is 0 Å². The van der Waals surface area contributed by atoms with Crippen LogP contribution in [0.25, 0.3) is 0 Å². The topological polar surface area (TPSA) is 41.5 Å². The zero-order valence-electron chi connectivity index (χ0n) is 19.8. The minimum absolute atomic E-state index is 0.0319. The first-order chi connectivity index (χ1) is 14.3. The molecule has 2 N–H and O–H groups in total. The summed E-state index contributed by atoms with van der Waals surface area (Å²) in [7, 11) is 0. The Bertz CT molecular complexity index is 686. The van der Waals surface area contributed by atoms with Crippen molar-refractivity contribution in [2.75, 3.05) is 6.54 Å². The molecule has 170 valence electrons. The molecule has 2 unspecified atom stereocenters. The Morgan fingerprint density at radius 3 is 2.43 bits per heavy atom. The van der Waals surface area contributed by atoms with Gasteiger partial charge < -0.3 is 9.84 Å². The molecule has 6 rings (SSSR count). The molecule has 4 aliphatic carbocycles. The van der Waals surface area contributed by atoms with Gasteiger partial charge in [-0.2, -0.15) is 0 Å². The number of ether oxygens (including phenoxy) is 1. The second-order valence-electron chi connectivity index (χ2n) is 13.3. The largest absolute Gasteiger partial charge is 0.393 e. The van der Waals surface area contributed by atoms with Crippen molar-refractivity contribution in [1.82, 2.24) is 5.32 Å². The molecular weight excluding hydrogens is 370 g/mol. The number of aliphatic hydroxyl groups is 1. The smallest absolute Gasteiger partial charge is 0.122 e. The molecule has 0 radical (unpaired) electrons. The maximum atomic E-state index is 10.3. The molecule has 2 aliphatic heterocycles. The number of fused-ring (bicyclic) bond motifs is 7. The lowest BCUT2D eigenvalue weighted by molar-refractivity contribution is -0.140. The predicted octanol–water partition coefficient (Wildman–Crippen LogP) is 5.37. The van der Waals surface area contributed by atoms with E-state index >= 15 is 0 Å². The van der Waals surface area contributed by atoms with Crippen molar-refractivity contribution in [3.05, 3.63) is 0 Å². The monoisotopic (exact) mass is 415 g/mol.